The van der Waals surface area contributed by atoms with Gasteiger partial charge in [0.25, 0.3) is 5.91 Å². The third-order valence-electron chi connectivity index (χ3n) is 4.78. The highest BCUT2D eigenvalue weighted by molar-refractivity contribution is 5.97. The molecule has 10 heteroatoms. The SMILES string of the molecule is O=C(c1ccccc1Oc1nc([N+](=O)[O-])nn1Cc1ccccc1F)N1CCCC1. The molecule has 0 spiro atoms. The Morgan fingerprint density at radius 3 is 2.57 bits per heavy atom. The van der Waals surface area contributed by atoms with Crippen LogP contribution in [-0.2, 0) is 6.54 Å². The van der Waals surface area contributed by atoms with Gasteiger partial charge in [-0.2, -0.15) is 0 Å². The van der Waals surface area contributed by atoms with E-state index in [1.807, 2.05) is 0 Å². The van der Waals surface area contributed by atoms with Gasteiger partial charge in [-0.3, -0.25) is 4.79 Å². The molecule has 0 atom stereocenters. The third-order valence-corrected chi connectivity index (χ3v) is 4.78. The molecule has 0 N–H and O–H groups in total. The summed E-state index contributed by atoms with van der Waals surface area (Å²) >= 11 is 0. The van der Waals surface area contributed by atoms with E-state index in [-0.39, 0.29) is 29.8 Å². The zero-order valence-corrected chi connectivity index (χ0v) is 15.9. The molecule has 1 aliphatic heterocycles. The van der Waals surface area contributed by atoms with Crippen molar-refractivity contribution in [2.75, 3.05) is 13.1 Å². The van der Waals surface area contributed by atoms with E-state index in [9.17, 15) is 19.3 Å². The number of ether oxygens (including phenoxy) is 1. The van der Waals surface area contributed by atoms with E-state index in [0.717, 1.165) is 17.5 Å². The lowest BCUT2D eigenvalue weighted by molar-refractivity contribution is -0.394. The number of carbonyl (C=O) groups is 1. The molecule has 0 saturated carbocycles. The average Bonchev–Trinajstić information content (AvgIpc) is 3.40. The lowest BCUT2D eigenvalue weighted by Gasteiger charge is -2.17. The van der Waals surface area contributed by atoms with Crippen LogP contribution in [0.25, 0.3) is 0 Å². The Balaban J connectivity index is 1.67. The van der Waals surface area contributed by atoms with E-state index in [2.05, 4.69) is 10.1 Å². The molecule has 1 saturated heterocycles. The van der Waals surface area contributed by atoms with Crippen LogP contribution >= 0.6 is 0 Å². The van der Waals surface area contributed by atoms with E-state index in [1.165, 1.54) is 12.1 Å². The monoisotopic (exact) mass is 411 g/mol. The highest BCUT2D eigenvalue weighted by atomic mass is 19.1. The number of hydrogen-bond donors (Lipinski definition) is 0. The molecule has 1 fully saturated rings. The maximum absolute atomic E-state index is 14.1. The zero-order chi connectivity index (χ0) is 21.1. The van der Waals surface area contributed by atoms with Crippen LogP contribution in [0.3, 0.4) is 0 Å². The summed E-state index contributed by atoms with van der Waals surface area (Å²) in [6.07, 6.45) is 1.88. The summed E-state index contributed by atoms with van der Waals surface area (Å²) in [5.74, 6) is -1.14. The highest BCUT2D eigenvalue weighted by Gasteiger charge is 2.27. The number of rotatable bonds is 6. The summed E-state index contributed by atoms with van der Waals surface area (Å²) in [4.78, 5) is 28.8. The Kier molecular flexibility index (Phi) is 5.38. The van der Waals surface area contributed by atoms with Crippen molar-refractivity contribution in [3.05, 3.63) is 75.6 Å². The summed E-state index contributed by atoms with van der Waals surface area (Å²) < 4.78 is 20.9. The first-order valence-electron chi connectivity index (χ1n) is 9.42. The molecule has 2 heterocycles. The van der Waals surface area contributed by atoms with Crippen molar-refractivity contribution in [1.82, 2.24) is 19.7 Å². The van der Waals surface area contributed by atoms with Crippen molar-refractivity contribution in [2.24, 2.45) is 0 Å². The van der Waals surface area contributed by atoms with Gasteiger partial charge in [-0.05, 0) is 40.9 Å². The van der Waals surface area contributed by atoms with Gasteiger partial charge in [0, 0.05) is 23.8 Å². The Labute approximate surface area is 170 Å². The van der Waals surface area contributed by atoms with Crippen molar-refractivity contribution in [2.45, 2.75) is 19.4 Å². The van der Waals surface area contributed by atoms with Gasteiger partial charge < -0.3 is 19.8 Å². The van der Waals surface area contributed by atoms with Crippen molar-refractivity contribution in [3.8, 4) is 11.8 Å². The summed E-state index contributed by atoms with van der Waals surface area (Å²) in [7, 11) is 0. The van der Waals surface area contributed by atoms with E-state index in [1.54, 1.807) is 41.3 Å². The number of halogens is 1. The fraction of sp³-hybridized carbons (Fsp3) is 0.250. The lowest BCUT2D eigenvalue weighted by atomic mass is 10.2. The lowest BCUT2D eigenvalue weighted by Crippen LogP contribution is -2.27. The minimum atomic E-state index is -0.758. The largest absolute Gasteiger partial charge is 0.494 e. The molecular weight excluding hydrogens is 393 g/mol. The molecular formula is C20H18FN5O4. The fourth-order valence-corrected chi connectivity index (χ4v) is 3.28. The van der Waals surface area contributed by atoms with E-state index < -0.39 is 16.7 Å². The predicted octanol–water partition coefficient (Wildman–Crippen LogP) is 3.40. The van der Waals surface area contributed by atoms with Gasteiger partial charge in [-0.1, -0.05) is 30.3 Å². The van der Waals surface area contributed by atoms with Gasteiger partial charge in [-0.15, -0.1) is 4.68 Å². The van der Waals surface area contributed by atoms with Gasteiger partial charge >= 0.3 is 12.0 Å². The van der Waals surface area contributed by atoms with Crippen molar-refractivity contribution in [1.29, 1.82) is 0 Å². The molecule has 1 aliphatic rings. The Morgan fingerprint density at radius 1 is 1.13 bits per heavy atom. The van der Waals surface area contributed by atoms with Crippen LogP contribution in [0.4, 0.5) is 10.3 Å². The third kappa shape index (κ3) is 3.97. The molecule has 0 unspecified atom stereocenters. The minimum Gasteiger partial charge on any atom is -0.410 e. The number of para-hydroxylation sites is 1. The number of likely N-dealkylation sites (tertiary alicyclic amines) is 1. The number of nitro groups is 1. The Morgan fingerprint density at radius 2 is 1.83 bits per heavy atom. The molecule has 2 aromatic carbocycles. The molecule has 30 heavy (non-hydrogen) atoms. The van der Waals surface area contributed by atoms with Crippen LogP contribution in [0.5, 0.6) is 11.8 Å². The molecule has 1 aromatic heterocycles. The van der Waals surface area contributed by atoms with Gasteiger partial charge in [0.05, 0.1) is 12.1 Å². The molecule has 3 aromatic rings. The van der Waals surface area contributed by atoms with Gasteiger partial charge in [-0.25, -0.2) is 4.39 Å². The summed E-state index contributed by atoms with van der Waals surface area (Å²) in [6.45, 7) is 1.22. The molecule has 0 radical (unpaired) electrons. The highest BCUT2D eigenvalue weighted by Crippen LogP contribution is 2.28. The van der Waals surface area contributed by atoms with Crippen LogP contribution in [0.1, 0.15) is 28.8 Å². The van der Waals surface area contributed by atoms with Crippen LogP contribution in [-0.4, -0.2) is 43.6 Å². The van der Waals surface area contributed by atoms with Crippen molar-refractivity contribution < 1.29 is 18.8 Å². The second-order valence-electron chi connectivity index (χ2n) is 6.80. The quantitative estimate of drug-likeness (QED) is 0.455. The van der Waals surface area contributed by atoms with Gasteiger partial charge in [0.2, 0.25) is 0 Å². The van der Waals surface area contributed by atoms with E-state index in [0.29, 0.717) is 18.7 Å². The molecule has 1 amide bonds. The van der Waals surface area contributed by atoms with Crippen LogP contribution in [0, 0.1) is 15.9 Å². The van der Waals surface area contributed by atoms with E-state index in [4.69, 9.17) is 4.74 Å². The summed E-state index contributed by atoms with van der Waals surface area (Å²) in [6, 6.07) is 12.4. The smallest absolute Gasteiger partial charge is 0.410 e. The second-order valence-corrected chi connectivity index (χ2v) is 6.80. The standard InChI is InChI=1S/C20H18FN5O4/c21-16-9-3-1-7-14(16)13-25-20(22-19(23-25)26(28)29)30-17-10-4-2-8-15(17)18(27)24-11-5-6-12-24/h1-4,7-10H,5-6,11-13H2. The first-order chi connectivity index (χ1) is 14.5. The maximum Gasteiger partial charge on any atom is 0.494 e. The second kappa shape index (κ2) is 8.27. The van der Waals surface area contributed by atoms with Crippen LogP contribution in [0.2, 0.25) is 0 Å². The normalized spacial score (nSPS) is 13.4. The molecule has 154 valence electrons. The number of carbonyl (C=O) groups excluding carboxylic acids is 1. The predicted molar refractivity (Wildman–Crippen MR) is 104 cm³/mol. The number of aromatic nitrogens is 3. The van der Waals surface area contributed by atoms with Gasteiger partial charge in [0.1, 0.15) is 11.6 Å². The molecule has 0 bridgehead atoms. The van der Waals surface area contributed by atoms with E-state index >= 15 is 0 Å². The topological polar surface area (TPSA) is 103 Å². The maximum atomic E-state index is 14.1. The molecule has 4 rings (SSSR count). The first kappa shape index (κ1) is 19.5. The summed E-state index contributed by atoms with van der Waals surface area (Å²) in [5, 5.41) is 15.0. The number of benzene rings is 2. The van der Waals surface area contributed by atoms with Crippen molar-refractivity contribution >= 4 is 11.9 Å². The Hall–Kier alpha value is -3.82. The molecule has 0 aliphatic carbocycles. The molecule has 9 nitrogen and oxygen atoms in total. The fourth-order valence-electron chi connectivity index (χ4n) is 3.28. The first-order valence-corrected chi connectivity index (χ1v) is 9.42. The zero-order valence-electron chi connectivity index (χ0n) is 15.9. The van der Waals surface area contributed by atoms with Gasteiger partial charge in [0.15, 0.2) is 0 Å². The van der Waals surface area contributed by atoms with Crippen molar-refractivity contribution in [3.63, 3.8) is 0 Å². The number of hydrogen-bond acceptors (Lipinski definition) is 6. The number of amides is 1. The summed E-state index contributed by atoms with van der Waals surface area (Å²) in [5.41, 5.74) is 0.589. The minimum absolute atomic E-state index is 0.120. The van der Waals surface area contributed by atoms with Crippen LogP contribution < -0.4 is 4.74 Å². The number of nitrogens with zero attached hydrogens (tertiary/aromatic N) is 5. The average molecular weight is 411 g/mol. The van der Waals surface area contributed by atoms with Crippen LogP contribution in [0.15, 0.2) is 48.5 Å². The Bertz CT molecular complexity index is 1090.